The van der Waals surface area contributed by atoms with Crippen LogP contribution in [0.4, 0.5) is 0 Å². The number of carbonyl (C=O) groups is 1. The molecule has 0 aromatic heterocycles. The van der Waals surface area contributed by atoms with Crippen molar-refractivity contribution in [1.29, 1.82) is 0 Å². The van der Waals surface area contributed by atoms with Gasteiger partial charge in [-0.3, -0.25) is 9.69 Å². The molecule has 3 nitrogen and oxygen atoms in total. The van der Waals surface area contributed by atoms with Crippen molar-refractivity contribution in [2.75, 3.05) is 0 Å². The van der Waals surface area contributed by atoms with E-state index in [0.29, 0.717) is 12.8 Å². The number of amides is 1. The zero-order chi connectivity index (χ0) is 7.56. The minimum absolute atomic E-state index is 0.609. The fourth-order valence-electron chi connectivity index (χ4n) is 1.07. The third-order valence-electron chi connectivity index (χ3n) is 1.71. The highest BCUT2D eigenvalue weighted by Crippen LogP contribution is 2.16. The second-order valence-corrected chi connectivity index (χ2v) is 2.42. The van der Waals surface area contributed by atoms with E-state index in [4.69, 9.17) is 0 Å². The normalized spacial score (nSPS) is 26.0. The van der Waals surface area contributed by atoms with Crippen LogP contribution in [0.15, 0.2) is 11.8 Å². The van der Waals surface area contributed by atoms with Crippen LogP contribution in [0.5, 0.6) is 0 Å². The Balaban J connectivity index is 2.72. The molecule has 1 aliphatic heterocycles. The van der Waals surface area contributed by atoms with E-state index in [9.17, 15) is 9.90 Å². The summed E-state index contributed by atoms with van der Waals surface area (Å²) in [5.74, 6) is 0. The molecule has 0 radical (unpaired) electrons. The first-order valence-electron chi connectivity index (χ1n) is 3.34. The summed E-state index contributed by atoms with van der Waals surface area (Å²) in [4.78, 5) is 11.6. The van der Waals surface area contributed by atoms with E-state index in [1.165, 1.54) is 4.90 Å². The highest BCUT2D eigenvalue weighted by atomic mass is 16.3. The van der Waals surface area contributed by atoms with Crippen LogP contribution in [0, 0.1) is 0 Å². The molecule has 0 saturated carbocycles. The molecule has 1 rings (SSSR count). The summed E-state index contributed by atoms with van der Waals surface area (Å²) in [6.07, 6.45) is 3.51. The summed E-state index contributed by atoms with van der Waals surface area (Å²) >= 11 is 0. The van der Waals surface area contributed by atoms with Crippen LogP contribution in [0.1, 0.15) is 19.8 Å². The van der Waals surface area contributed by atoms with E-state index in [-0.39, 0.29) is 0 Å². The summed E-state index contributed by atoms with van der Waals surface area (Å²) in [5.41, 5.74) is 0.841. The van der Waals surface area contributed by atoms with E-state index in [1.807, 2.05) is 13.0 Å². The van der Waals surface area contributed by atoms with Crippen molar-refractivity contribution < 1.29 is 9.90 Å². The molecule has 1 N–H and O–H groups in total. The molecule has 10 heavy (non-hydrogen) atoms. The number of hydrogen-bond donors (Lipinski definition) is 1. The molecule has 1 amide bonds. The summed E-state index contributed by atoms with van der Waals surface area (Å²) in [6, 6.07) is 0. The van der Waals surface area contributed by atoms with Crippen molar-refractivity contribution in [3.05, 3.63) is 11.8 Å². The minimum Gasteiger partial charge on any atom is -0.373 e. The minimum atomic E-state index is -0.609. The number of carbonyl (C=O) groups excluding carboxylic acids is 1. The molecule has 0 aromatic carbocycles. The van der Waals surface area contributed by atoms with E-state index in [2.05, 4.69) is 0 Å². The quantitative estimate of drug-likeness (QED) is 0.539. The molecule has 0 fully saturated rings. The van der Waals surface area contributed by atoms with Gasteiger partial charge in [-0.1, -0.05) is 6.08 Å². The van der Waals surface area contributed by atoms with E-state index < -0.39 is 6.23 Å². The van der Waals surface area contributed by atoms with E-state index >= 15 is 0 Å². The van der Waals surface area contributed by atoms with Gasteiger partial charge < -0.3 is 5.11 Å². The van der Waals surface area contributed by atoms with Gasteiger partial charge in [0, 0.05) is 5.70 Å². The molecule has 0 aromatic rings. The zero-order valence-corrected chi connectivity index (χ0v) is 5.95. The summed E-state index contributed by atoms with van der Waals surface area (Å²) in [6.45, 7) is 1.82. The van der Waals surface area contributed by atoms with Crippen molar-refractivity contribution >= 4 is 6.41 Å². The van der Waals surface area contributed by atoms with Gasteiger partial charge in [-0.2, -0.15) is 0 Å². The van der Waals surface area contributed by atoms with Gasteiger partial charge in [0.1, 0.15) is 6.23 Å². The van der Waals surface area contributed by atoms with Crippen molar-refractivity contribution in [1.82, 2.24) is 4.90 Å². The summed E-state index contributed by atoms with van der Waals surface area (Å²) in [5, 5.41) is 9.19. The molecule has 0 spiro atoms. The Hall–Kier alpha value is -0.830. The van der Waals surface area contributed by atoms with Gasteiger partial charge >= 0.3 is 0 Å². The number of rotatable bonds is 1. The second kappa shape index (κ2) is 2.84. The smallest absolute Gasteiger partial charge is 0.215 e. The second-order valence-electron chi connectivity index (χ2n) is 2.42. The Bertz CT molecular complexity index is 165. The fraction of sp³-hybridized carbons (Fsp3) is 0.571. The topological polar surface area (TPSA) is 40.5 Å². The van der Waals surface area contributed by atoms with Crippen LogP contribution in [0.3, 0.4) is 0 Å². The van der Waals surface area contributed by atoms with Crippen molar-refractivity contribution in [2.45, 2.75) is 26.0 Å². The van der Waals surface area contributed by atoms with E-state index in [1.54, 1.807) is 0 Å². The van der Waals surface area contributed by atoms with Gasteiger partial charge in [-0.15, -0.1) is 0 Å². The maximum Gasteiger partial charge on any atom is 0.215 e. The lowest BCUT2D eigenvalue weighted by Gasteiger charge is -2.27. The van der Waals surface area contributed by atoms with Crippen LogP contribution in [-0.4, -0.2) is 22.6 Å². The lowest BCUT2D eigenvalue weighted by atomic mass is 10.1. The Morgan fingerprint density at radius 1 is 1.90 bits per heavy atom. The van der Waals surface area contributed by atoms with Gasteiger partial charge in [-0.05, 0) is 19.8 Å². The largest absolute Gasteiger partial charge is 0.373 e. The van der Waals surface area contributed by atoms with Gasteiger partial charge in [0.15, 0.2) is 0 Å². The number of allylic oxidation sites excluding steroid dienone is 2. The maximum atomic E-state index is 10.3. The molecule has 1 unspecified atom stereocenters. The monoisotopic (exact) mass is 141 g/mol. The average Bonchev–Trinajstić information content (AvgIpc) is 1.88. The number of nitrogens with zero attached hydrogens (tertiary/aromatic N) is 1. The maximum absolute atomic E-state index is 10.3. The molecule has 56 valence electrons. The van der Waals surface area contributed by atoms with Gasteiger partial charge in [-0.25, -0.2) is 0 Å². The lowest BCUT2D eigenvalue weighted by Crippen LogP contribution is -2.34. The Morgan fingerprint density at radius 3 is 3.00 bits per heavy atom. The van der Waals surface area contributed by atoms with Crippen LogP contribution < -0.4 is 0 Å². The van der Waals surface area contributed by atoms with Gasteiger partial charge in [0.05, 0.1) is 0 Å². The molecular weight excluding hydrogens is 130 g/mol. The third kappa shape index (κ3) is 1.19. The average molecular weight is 141 g/mol. The van der Waals surface area contributed by atoms with Crippen LogP contribution in [0.2, 0.25) is 0 Å². The summed E-state index contributed by atoms with van der Waals surface area (Å²) in [7, 11) is 0. The SMILES string of the molecule is CC1=CCCC(O)N1C=O. The zero-order valence-electron chi connectivity index (χ0n) is 5.95. The molecule has 1 heterocycles. The van der Waals surface area contributed by atoms with Crippen molar-refractivity contribution in [2.24, 2.45) is 0 Å². The fourth-order valence-corrected chi connectivity index (χ4v) is 1.07. The number of aliphatic hydroxyl groups excluding tert-OH is 1. The predicted octanol–water partition coefficient (Wildman–Crippen LogP) is 0.461. The molecule has 1 atom stereocenters. The number of hydrogen-bond acceptors (Lipinski definition) is 2. The van der Waals surface area contributed by atoms with E-state index in [0.717, 1.165) is 12.1 Å². The van der Waals surface area contributed by atoms with Crippen molar-refractivity contribution in [3.63, 3.8) is 0 Å². The summed E-state index contributed by atoms with van der Waals surface area (Å²) < 4.78 is 0. The molecule has 0 bridgehead atoms. The van der Waals surface area contributed by atoms with Crippen LogP contribution in [-0.2, 0) is 4.79 Å². The van der Waals surface area contributed by atoms with Crippen molar-refractivity contribution in [3.8, 4) is 0 Å². The lowest BCUT2D eigenvalue weighted by molar-refractivity contribution is -0.125. The molecule has 0 aliphatic carbocycles. The first-order chi connectivity index (χ1) is 4.75. The number of aliphatic hydroxyl groups is 1. The standard InChI is InChI=1S/C7H11NO2/c1-6-3-2-4-7(10)8(6)5-9/h3,5,7,10H,2,4H2,1H3. The predicted molar refractivity (Wildman–Crippen MR) is 36.9 cm³/mol. The Labute approximate surface area is 59.9 Å². The molecule has 0 saturated heterocycles. The van der Waals surface area contributed by atoms with Gasteiger partial charge in [0.2, 0.25) is 6.41 Å². The highest BCUT2D eigenvalue weighted by Gasteiger charge is 2.17. The molecule has 1 aliphatic rings. The third-order valence-corrected chi connectivity index (χ3v) is 1.71. The highest BCUT2D eigenvalue weighted by molar-refractivity contribution is 5.51. The first-order valence-corrected chi connectivity index (χ1v) is 3.34. The van der Waals surface area contributed by atoms with Crippen LogP contribution in [0.25, 0.3) is 0 Å². The molecular formula is C7H11NO2. The first kappa shape index (κ1) is 7.28. The Morgan fingerprint density at radius 2 is 2.60 bits per heavy atom. The molecule has 3 heteroatoms. The Kier molecular flexibility index (Phi) is 2.06. The van der Waals surface area contributed by atoms with Gasteiger partial charge in [0.25, 0.3) is 0 Å². The van der Waals surface area contributed by atoms with Crippen LogP contribution >= 0.6 is 0 Å².